The summed E-state index contributed by atoms with van der Waals surface area (Å²) in [5.74, 6) is 0.695. The van der Waals surface area contributed by atoms with Gasteiger partial charge in [-0.3, -0.25) is 4.90 Å². The summed E-state index contributed by atoms with van der Waals surface area (Å²) >= 11 is 0. The van der Waals surface area contributed by atoms with Crippen LogP contribution in [0.4, 0.5) is 4.79 Å². The van der Waals surface area contributed by atoms with E-state index in [9.17, 15) is 9.90 Å². The largest absolute Gasteiger partial charge is 0.489 e. The molecule has 3 atom stereocenters. The Morgan fingerprint density at radius 3 is 2.55 bits per heavy atom. The van der Waals surface area contributed by atoms with E-state index in [-0.39, 0.29) is 18.2 Å². The number of carbonyl (C=O) groups is 1. The Labute approximate surface area is 173 Å². The van der Waals surface area contributed by atoms with E-state index < -0.39 is 11.7 Å². The number of nitrogens with zero attached hydrogens (tertiary/aromatic N) is 1. The van der Waals surface area contributed by atoms with Crippen LogP contribution in [-0.4, -0.2) is 33.8 Å². The Bertz CT molecular complexity index is 815. The molecule has 1 aliphatic rings. The third kappa shape index (κ3) is 5.51. The van der Waals surface area contributed by atoms with Crippen LogP contribution in [0.1, 0.15) is 57.8 Å². The monoisotopic (exact) mass is 397 g/mol. The van der Waals surface area contributed by atoms with Gasteiger partial charge in [0, 0.05) is 6.04 Å². The smallest absolute Gasteiger partial charge is 0.410 e. The van der Waals surface area contributed by atoms with E-state index >= 15 is 0 Å². The summed E-state index contributed by atoms with van der Waals surface area (Å²) in [5.41, 5.74) is 1.25. The Morgan fingerprint density at radius 2 is 1.86 bits per heavy atom. The fraction of sp³-hybridized carbons (Fsp3) is 0.458. The molecule has 0 aromatic heterocycles. The molecule has 1 aliphatic heterocycles. The summed E-state index contributed by atoms with van der Waals surface area (Å²) in [6, 6.07) is 17.1. The summed E-state index contributed by atoms with van der Waals surface area (Å²) in [6.07, 6.45) is 0.401. The van der Waals surface area contributed by atoms with E-state index in [1.165, 1.54) is 0 Å². The van der Waals surface area contributed by atoms with Gasteiger partial charge in [0.05, 0.1) is 12.1 Å². The fourth-order valence-corrected chi connectivity index (χ4v) is 3.71. The molecular weight excluding hydrogens is 366 g/mol. The first-order valence-electron chi connectivity index (χ1n) is 10.2. The van der Waals surface area contributed by atoms with Gasteiger partial charge in [0.25, 0.3) is 0 Å². The Hall–Kier alpha value is -2.53. The molecule has 5 nitrogen and oxygen atoms in total. The summed E-state index contributed by atoms with van der Waals surface area (Å²) in [6.45, 7) is 8.01. The van der Waals surface area contributed by atoms with E-state index in [2.05, 4.69) is 0 Å². The van der Waals surface area contributed by atoms with E-state index in [0.29, 0.717) is 12.4 Å². The lowest BCUT2D eigenvalue weighted by atomic mass is 10.00. The number of aliphatic hydroxyl groups is 1. The van der Waals surface area contributed by atoms with Gasteiger partial charge in [-0.15, -0.1) is 0 Å². The normalized spacial score (nSPS) is 20.4. The third-order valence-electron chi connectivity index (χ3n) is 5.13. The number of likely N-dealkylation sites (tertiary alicyclic amines) is 1. The van der Waals surface area contributed by atoms with Crippen LogP contribution < -0.4 is 4.74 Å². The van der Waals surface area contributed by atoms with Crippen molar-refractivity contribution in [1.29, 1.82) is 0 Å². The van der Waals surface area contributed by atoms with Gasteiger partial charge >= 0.3 is 6.09 Å². The van der Waals surface area contributed by atoms with Crippen molar-refractivity contribution in [3.8, 4) is 5.75 Å². The van der Waals surface area contributed by atoms with Crippen LogP contribution in [0.2, 0.25) is 0 Å². The molecule has 5 heteroatoms. The molecule has 3 rings (SSSR count). The number of hydrogen-bond acceptors (Lipinski definition) is 4. The molecule has 156 valence electrons. The van der Waals surface area contributed by atoms with E-state index in [1.807, 2.05) is 82.3 Å². The molecular formula is C24H31NO4. The van der Waals surface area contributed by atoms with Crippen molar-refractivity contribution in [2.45, 2.75) is 70.9 Å². The second-order valence-corrected chi connectivity index (χ2v) is 8.67. The molecule has 0 aliphatic carbocycles. The van der Waals surface area contributed by atoms with Gasteiger partial charge in [0.2, 0.25) is 0 Å². The van der Waals surface area contributed by atoms with E-state index in [1.54, 1.807) is 4.90 Å². The lowest BCUT2D eigenvalue weighted by Crippen LogP contribution is -2.45. The molecule has 0 bridgehead atoms. The van der Waals surface area contributed by atoms with Crippen LogP contribution in [0.3, 0.4) is 0 Å². The number of rotatable bonds is 5. The van der Waals surface area contributed by atoms with Crippen molar-refractivity contribution < 1.29 is 19.4 Å². The van der Waals surface area contributed by atoms with Crippen molar-refractivity contribution in [3.05, 3.63) is 65.7 Å². The average Bonchev–Trinajstić information content (AvgIpc) is 3.07. The molecule has 1 amide bonds. The highest BCUT2D eigenvalue weighted by Crippen LogP contribution is 2.35. The topological polar surface area (TPSA) is 59.0 Å². The number of amides is 1. The Kier molecular flexibility index (Phi) is 6.48. The summed E-state index contributed by atoms with van der Waals surface area (Å²) in [7, 11) is 0. The SMILES string of the molecule is CC1CCC(C(O)c2cccc(OCc3ccccc3)c2)N1C(=O)OC(C)(C)C. The van der Waals surface area contributed by atoms with Gasteiger partial charge in [-0.05, 0) is 63.8 Å². The maximum Gasteiger partial charge on any atom is 0.410 e. The molecule has 1 fully saturated rings. The average molecular weight is 398 g/mol. The number of benzene rings is 2. The van der Waals surface area contributed by atoms with E-state index in [4.69, 9.17) is 9.47 Å². The lowest BCUT2D eigenvalue weighted by Gasteiger charge is -2.33. The Balaban J connectivity index is 1.71. The van der Waals surface area contributed by atoms with Gasteiger partial charge in [-0.2, -0.15) is 0 Å². The first-order valence-corrected chi connectivity index (χ1v) is 10.2. The maximum absolute atomic E-state index is 12.7. The minimum absolute atomic E-state index is 0.0296. The van der Waals surface area contributed by atoms with Crippen molar-refractivity contribution in [1.82, 2.24) is 4.90 Å². The minimum Gasteiger partial charge on any atom is -0.489 e. The molecule has 0 spiro atoms. The fourth-order valence-electron chi connectivity index (χ4n) is 3.71. The van der Waals surface area contributed by atoms with Crippen LogP contribution >= 0.6 is 0 Å². The molecule has 0 saturated carbocycles. The van der Waals surface area contributed by atoms with E-state index in [0.717, 1.165) is 24.0 Å². The highest BCUT2D eigenvalue weighted by molar-refractivity contribution is 5.69. The highest BCUT2D eigenvalue weighted by Gasteiger charge is 2.41. The van der Waals surface area contributed by atoms with Crippen LogP contribution in [-0.2, 0) is 11.3 Å². The Morgan fingerprint density at radius 1 is 1.14 bits per heavy atom. The number of ether oxygens (including phenoxy) is 2. The highest BCUT2D eigenvalue weighted by atomic mass is 16.6. The second kappa shape index (κ2) is 8.87. The molecule has 2 aromatic carbocycles. The number of carbonyl (C=O) groups excluding carboxylic acids is 1. The van der Waals surface area contributed by atoms with Gasteiger partial charge in [0.15, 0.2) is 0 Å². The second-order valence-electron chi connectivity index (χ2n) is 8.67. The summed E-state index contributed by atoms with van der Waals surface area (Å²) in [4.78, 5) is 14.4. The summed E-state index contributed by atoms with van der Waals surface area (Å²) in [5, 5.41) is 11.1. The van der Waals surface area contributed by atoms with Crippen LogP contribution in [0, 0.1) is 0 Å². The van der Waals surface area contributed by atoms with Crippen molar-refractivity contribution in [2.75, 3.05) is 0 Å². The number of aliphatic hydroxyl groups excluding tert-OH is 1. The van der Waals surface area contributed by atoms with Crippen molar-refractivity contribution >= 4 is 6.09 Å². The predicted octanol–water partition coefficient (Wildman–Crippen LogP) is 5.09. The zero-order valence-electron chi connectivity index (χ0n) is 17.7. The van der Waals surface area contributed by atoms with Gasteiger partial charge in [0.1, 0.15) is 18.0 Å². The zero-order chi connectivity index (χ0) is 21.0. The van der Waals surface area contributed by atoms with Crippen molar-refractivity contribution in [2.24, 2.45) is 0 Å². The lowest BCUT2D eigenvalue weighted by molar-refractivity contribution is -0.00293. The molecule has 1 saturated heterocycles. The van der Waals surface area contributed by atoms with Crippen LogP contribution in [0.15, 0.2) is 54.6 Å². The molecule has 1 heterocycles. The predicted molar refractivity (Wildman–Crippen MR) is 113 cm³/mol. The van der Waals surface area contributed by atoms with Gasteiger partial charge < -0.3 is 14.6 Å². The molecule has 3 unspecified atom stereocenters. The first-order chi connectivity index (χ1) is 13.7. The van der Waals surface area contributed by atoms with Crippen LogP contribution in [0.25, 0.3) is 0 Å². The minimum atomic E-state index is -0.798. The molecule has 1 N–H and O–H groups in total. The first kappa shape index (κ1) is 21.2. The molecule has 2 aromatic rings. The summed E-state index contributed by atoms with van der Waals surface area (Å²) < 4.78 is 11.5. The molecule has 0 radical (unpaired) electrons. The molecule has 29 heavy (non-hydrogen) atoms. The zero-order valence-corrected chi connectivity index (χ0v) is 17.7. The maximum atomic E-state index is 12.7. The van der Waals surface area contributed by atoms with Gasteiger partial charge in [-0.1, -0.05) is 42.5 Å². The quantitative estimate of drug-likeness (QED) is 0.764. The standard InChI is InChI=1S/C24H31NO4/c1-17-13-14-21(25(17)23(27)29-24(2,3)4)22(26)19-11-8-12-20(15-19)28-16-18-9-6-5-7-10-18/h5-12,15,17,21-22,26H,13-14,16H2,1-4H3. The third-order valence-corrected chi connectivity index (χ3v) is 5.13. The van der Waals surface area contributed by atoms with Crippen molar-refractivity contribution in [3.63, 3.8) is 0 Å². The number of hydrogen-bond donors (Lipinski definition) is 1. The van der Waals surface area contributed by atoms with Crippen LogP contribution in [0.5, 0.6) is 5.75 Å². The van der Waals surface area contributed by atoms with Gasteiger partial charge in [-0.25, -0.2) is 4.79 Å².